The molecule has 0 bridgehead atoms. The molecule has 140 valence electrons. The van der Waals surface area contributed by atoms with Gasteiger partial charge in [-0.05, 0) is 48.0 Å². The van der Waals surface area contributed by atoms with Crippen LogP contribution >= 0.6 is 11.6 Å². The van der Waals surface area contributed by atoms with Crippen molar-refractivity contribution in [1.82, 2.24) is 10.6 Å². The Morgan fingerprint density at radius 1 is 1.15 bits per heavy atom. The highest BCUT2D eigenvalue weighted by Crippen LogP contribution is 2.37. The molecule has 0 aromatic heterocycles. The number of halogens is 1. The van der Waals surface area contributed by atoms with Crippen molar-refractivity contribution < 1.29 is 24.2 Å². The number of rotatable bonds is 4. The van der Waals surface area contributed by atoms with Crippen molar-refractivity contribution in [1.29, 1.82) is 0 Å². The first-order valence-electron chi connectivity index (χ1n) is 7.97. The van der Waals surface area contributed by atoms with Gasteiger partial charge in [-0.15, -0.1) is 0 Å². The number of phenolic OH excluding ortho intramolecular Hbond substituents is 1. The maximum Gasteiger partial charge on any atom is 0.338 e. The summed E-state index contributed by atoms with van der Waals surface area (Å²) in [7, 11) is 2.78. The number of methoxy groups -OCH3 is 2. The fraction of sp³-hybridized carbons (Fsp3) is 0.158. The molecule has 0 radical (unpaired) electrons. The number of carbonyl (C=O) groups is 2. The van der Waals surface area contributed by atoms with Crippen LogP contribution in [-0.4, -0.2) is 31.3 Å². The van der Waals surface area contributed by atoms with E-state index in [9.17, 15) is 14.7 Å². The molecule has 7 nitrogen and oxygen atoms in total. The minimum Gasteiger partial charge on any atom is -0.508 e. The van der Waals surface area contributed by atoms with E-state index in [2.05, 4.69) is 10.6 Å². The van der Waals surface area contributed by atoms with Gasteiger partial charge in [0.2, 0.25) is 0 Å². The van der Waals surface area contributed by atoms with Crippen molar-refractivity contribution in [2.75, 3.05) is 14.2 Å². The highest BCUT2D eigenvalue weighted by atomic mass is 35.5. The second kappa shape index (κ2) is 7.59. The number of nitrogens with one attached hydrogen (secondary N) is 2. The van der Waals surface area contributed by atoms with Gasteiger partial charge in [0.05, 0.1) is 31.5 Å². The first kappa shape index (κ1) is 18.6. The zero-order chi connectivity index (χ0) is 19.6. The Kier molecular flexibility index (Phi) is 5.23. The van der Waals surface area contributed by atoms with Gasteiger partial charge in [-0.3, -0.25) is 0 Å². The highest BCUT2D eigenvalue weighted by molar-refractivity contribution is 6.30. The molecular weight excluding hydrogens is 372 g/mol. The van der Waals surface area contributed by atoms with Crippen molar-refractivity contribution >= 4 is 29.3 Å². The number of benzene rings is 2. The summed E-state index contributed by atoms with van der Waals surface area (Å²) in [5, 5.41) is 15.9. The minimum absolute atomic E-state index is 0.109. The molecule has 0 spiro atoms. The van der Waals surface area contributed by atoms with Gasteiger partial charge in [0.25, 0.3) is 0 Å². The van der Waals surface area contributed by atoms with Crippen LogP contribution in [0.25, 0.3) is 5.70 Å². The van der Waals surface area contributed by atoms with Crippen LogP contribution in [0.5, 0.6) is 11.5 Å². The molecule has 27 heavy (non-hydrogen) atoms. The van der Waals surface area contributed by atoms with E-state index >= 15 is 0 Å². The minimum atomic E-state index is -0.943. The van der Waals surface area contributed by atoms with E-state index in [4.69, 9.17) is 21.1 Å². The third kappa shape index (κ3) is 3.68. The van der Waals surface area contributed by atoms with Gasteiger partial charge in [0.1, 0.15) is 11.5 Å². The lowest BCUT2D eigenvalue weighted by molar-refractivity contribution is -0.136. The number of esters is 1. The molecule has 0 saturated carbocycles. The predicted octanol–water partition coefficient (Wildman–Crippen LogP) is 2.99. The second-order valence-electron chi connectivity index (χ2n) is 5.74. The molecule has 1 aliphatic heterocycles. The number of carbonyl (C=O) groups excluding carboxylic acids is 2. The molecule has 2 amide bonds. The maximum absolute atomic E-state index is 12.5. The van der Waals surface area contributed by atoms with Crippen LogP contribution in [0, 0.1) is 0 Å². The van der Waals surface area contributed by atoms with Gasteiger partial charge in [0.15, 0.2) is 0 Å². The number of phenols is 1. The van der Waals surface area contributed by atoms with Gasteiger partial charge in [0, 0.05) is 10.6 Å². The number of amides is 2. The van der Waals surface area contributed by atoms with Crippen LogP contribution in [0.1, 0.15) is 17.2 Å². The van der Waals surface area contributed by atoms with Gasteiger partial charge >= 0.3 is 12.0 Å². The van der Waals surface area contributed by atoms with E-state index in [1.54, 1.807) is 31.4 Å². The second-order valence-corrected chi connectivity index (χ2v) is 6.18. The van der Waals surface area contributed by atoms with Crippen LogP contribution in [0.2, 0.25) is 5.02 Å². The molecule has 1 unspecified atom stereocenters. The molecule has 0 saturated heterocycles. The average molecular weight is 389 g/mol. The number of hydrogen-bond acceptors (Lipinski definition) is 5. The van der Waals surface area contributed by atoms with Crippen LogP contribution < -0.4 is 15.4 Å². The van der Waals surface area contributed by atoms with Crippen LogP contribution in [-0.2, 0) is 9.53 Å². The van der Waals surface area contributed by atoms with E-state index in [1.807, 2.05) is 0 Å². The summed E-state index contributed by atoms with van der Waals surface area (Å²) < 4.78 is 10.1. The lowest BCUT2D eigenvalue weighted by Crippen LogP contribution is -2.45. The van der Waals surface area contributed by atoms with E-state index in [1.165, 1.54) is 25.3 Å². The first-order valence-corrected chi connectivity index (χ1v) is 8.35. The summed E-state index contributed by atoms with van der Waals surface area (Å²) >= 11 is 6.03. The summed E-state index contributed by atoms with van der Waals surface area (Å²) in [5.41, 5.74) is 1.28. The zero-order valence-electron chi connectivity index (χ0n) is 14.6. The number of urea groups is 1. The average Bonchev–Trinajstić information content (AvgIpc) is 2.68. The zero-order valence-corrected chi connectivity index (χ0v) is 15.3. The van der Waals surface area contributed by atoms with Crippen molar-refractivity contribution in [2.24, 2.45) is 0 Å². The Morgan fingerprint density at radius 3 is 2.48 bits per heavy atom. The maximum atomic E-state index is 12.5. The summed E-state index contributed by atoms with van der Waals surface area (Å²) in [6, 6.07) is 9.74. The Hall–Kier alpha value is -3.19. The lowest BCUT2D eigenvalue weighted by Gasteiger charge is -2.29. The third-order valence-electron chi connectivity index (χ3n) is 4.16. The van der Waals surface area contributed by atoms with E-state index in [-0.39, 0.29) is 22.6 Å². The number of aromatic hydroxyl groups is 1. The van der Waals surface area contributed by atoms with Gasteiger partial charge in [-0.2, -0.15) is 0 Å². The SMILES string of the molecule is COC(=O)C1=C(c2ccc(OC)cc2)NC(=O)NC1c1cc(Cl)ccc1O. The standard InChI is InChI=1S/C19H17ClN2O5/c1-26-12-6-3-10(4-7-12)16-15(18(24)27-2)17(22-19(25)21-16)13-9-11(20)5-8-14(13)23/h3-9,17,23H,1-2H3,(H2,21,22,25). The molecule has 1 heterocycles. The molecule has 0 aliphatic carbocycles. The highest BCUT2D eigenvalue weighted by Gasteiger charge is 2.35. The summed E-state index contributed by atoms with van der Waals surface area (Å²) in [6.45, 7) is 0. The predicted molar refractivity (Wildman–Crippen MR) is 99.5 cm³/mol. The van der Waals surface area contributed by atoms with Crippen molar-refractivity contribution in [3.8, 4) is 11.5 Å². The monoisotopic (exact) mass is 388 g/mol. The summed E-state index contributed by atoms with van der Waals surface area (Å²) in [5.74, 6) is -0.136. The quantitative estimate of drug-likeness (QED) is 0.699. The summed E-state index contributed by atoms with van der Waals surface area (Å²) in [4.78, 5) is 24.8. The Bertz CT molecular complexity index is 924. The number of hydrogen-bond donors (Lipinski definition) is 3. The number of ether oxygens (including phenoxy) is 2. The molecule has 3 N–H and O–H groups in total. The largest absolute Gasteiger partial charge is 0.508 e. The van der Waals surface area contributed by atoms with E-state index < -0.39 is 18.0 Å². The molecule has 3 rings (SSSR count). The van der Waals surface area contributed by atoms with Crippen LogP contribution in [0.15, 0.2) is 48.0 Å². The molecule has 1 aliphatic rings. The van der Waals surface area contributed by atoms with Gasteiger partial charge in [-0.25, -0.2) is 9.59 Å². The smallest absolute Gasteiger partial charge is 0.338 e. The van der Waals surface area contributed by atoms with Crippen LogP contribution in [0.4, 0.5) is 4.79 Å². The van der Waals surface area contributed by atoms with E-state index in [0.29, 0.717) is 16.3 Å². The van der Waals surface area contributed by atoms with E-state index in [0.717, 1.165) is 0 Å². The van der Waals surface area contributed by atoms with Gasteiger partial charge < -0.3 is 25.2 Å². The first-order chi connectivity index (χ1) is 12.9. The summed E-state index contributed by atoms with van der Waals surface area (Å²) in [6.07, 6.45) is 0. The van der Waals surface area contributed by atoms with Crippen LogP contribution in [0.3, 0.4) is 0 Å². The molecule has 8 heteroatoms. The third-order valence-corrected chi connectivity index (χ3v) is 4.39. The fourth-order valence-electron chi connectivity index (χ4n) is 2.87. The fourth-order valence-corrected chi connectivity index (χ4v) is 3.05. The van der Waals surface area contributed by atoms with Crippen molar-refractivity contribution in [3.63, 3.8) is 0 Å². The molecule has 0 fully saturated rings. The van der Waals surface area contributed by atoms with Crippen molar-refractivity contribution in [2.45, 2.75) is 6.04 Å². The topological polar surface area (TPSA) is 96.9 Å². The molecular formula is C19H17ClN2O5. The molecule has 1 atom stereocenters. The molecule has 2 aromatic carbocycles. The lowest BCUT2D eigenvalue weighted by atomic mass is 9.92. The normalized spacial score (nSPS) is 16.4. The Balaban J connectivity index is 2.21. The Morgan fingerprint density at radius 2 is 1.85 bits per heavy atom. The van der Waals surface area contributed by atoms with Crippen molar-refractivity contribution in [3.05, 3.63) is 64.2 Å². The van der Waals surface area contributed by atoms with Gasteiger partial charge in [-0.1, -0.05) is 11.6 Å². The molecule has 2 aromatic rings. The Labute approximate surface area is 160 Å².